The van der Waals surface area contributed by atoms with Gasteiger partial charge in [0.15, 0.2) is 0 Å². The van der Waals surface area contributed by atoms with Crippen molar-refractivity contribution in [2.24, 2.45) is 11.7 Å². The molecule has 82 valence electrons. The largest absolute Gasteiger partial charge is 0.327 e. The predicted molar refractivity (Wildman–Crippen MR) is 59.6 cm³/mol. The average Bonchev–Trinajstić information content (AvgIpc) is 2.18. The SMILES string of the molecule is CC(C)C(N)Cc1ccc([N+](=O)[O-])cc1. The molecule has 15 heavy (non-hydrogen) atoms. The summed E-state index contributed by atoms with van der Waals surface area (Å²) in [5.74, 6) is 0.417. The molecule has 0 aliphatic carbocycles. The Kier molecular flexibility index (Phi) is 3.80. The van der Waals surface area contributed by atoms with E-state index in [1.165, 1.54) is 12.1 Å². The molecule has 2 N–H and O–H groups in total. The second kappa shape index (κ2) is 4.89. The maximum atomic E-state index is 10.4. The van der Waals surface area contributed by atoms with Crippen molar-refractivity contribution in [3.8, 4) is 0 Å². The van der Waals surface area contributed by atoms with Crippen LogP contribution in [0.1, 0.15) is 19.4 Å². The van der Waals surface area contributed by atoms with E-state index in [0.29, 0.717) is 5.92 Å². The molecule has 0 fully saturated rings. The van der Waals surface area contributed by atoms with Crippen molar-refractivity contribution in [2.75, 3.05) is 0 Å². The van der Waals surface area contributed by atoms with Gasteiger partial charge in [-0.15, -0.1) is 0 Å². The third kappa shape index (κ3) is 3.32. The lowest BCUT2D eigenvalue weighted by molar-refractivity contribution is -0.384. The lowest BCUT2D eigenvalue weighted by atomic mass is 9.97. The van der Waals surface area contributed by atoms with Crippen LogP contribution in [0.15, 0.2) is 24.3 Å². The first-order valence-electron chi connectivity index (χ1n) is 4.99. The summed E-state index contributed by atoms with van der Waals surface area (Å²) in [6.45, 7) is 4.13. The van der Waals surface area contributed by atoms with Gasteiger partial charge in [-0.1, -0.05) is 26.0 Å². The van der Waals surface area contributed by atoms with Gasteiger partial charge in [0.25, 0.3) is 5.69 Å². The molecule has 0 aliphatic heterocycles. The van der Waals surface area contributed by atoms with Crippen LogP contribution in [0.4, 0.5) is 5.69 Å². The second-order valence-electron chi connectivity index (χ2n) is 4.04. The lowest BCUT2D eigenvalue weighted by Crippen LogP contribution is -2.28. The molecule has 1 aromatic rings. The highest BCUT2D eigenvalue weighted by Crippen LogP contribution is 2.14. The third-order valence-electron chi connectivity index (χ3n) is 2.47. The van der Waals surface area contributed by atoms with Gasteiger partial charge in [-0.05, 0) is 17.9 Å². The van der Waals surface area contributed by atoms with Crippen LogP contribution in [0.5, 0.6) is 0 Å². The predicted octanol–water partition coefficient (Wildman–Crippen LogP) is 2.12. The smallest absolute Gasteiger partial charge is 0.269 e. The first-order valence-corrected chi connectivity index (χ1v) is 4.99. The maximum absolute atomic E-state index is 10.4. The highest BCUT2D eigenvalue weighted by atomic mass is 16.6. The summed E-state index contributed by atoms with van der Waals surface area (Å²) in [6.07, 6.45) is 0.760. The van der Waals surface area contributed by atoms with E-state index >= 15 is 0 Å². The van der Waals surface area contributed by atoms with Crippen LogP contribution in [0.25, 0.3) is 0 Å². The first kappa shape index (κ1) is 11.7. The fraction of sp³-hybridized carbons (Fsp3) is 0.455. The van der Waals surface area contributed by atoms with Crippen molar-refractivity contribution >= 4 is 5.69 Å². The van der Waals surface area contributed by atoms with Gasteiger partial charge in [0.1, 0.15) is 0 Å². The Balaban J connectivity index is 2.68. The molecule has 0 aliphatic rings. The van der Waals surface area contributed by atoms with E-state index in [4.69, 9.17) is 5.73 Å². The summed E-state index contributed by atoms with van der Waals surface area (Å²) in [6, 6.07) is 6.66. The normalized spacial score (nSPS) is 12.8. The number of nitrogens with zero attached hydrogens (tertiary/aromatic N) is 1. The minimum absolute atomic E-state index is 0.103. The minimum Gasteiger partial charge on any atom is -0.327 e. The minimum atomic E-state index is -0.397. The topological polar surface area (TPSA) is 69.2 Å². The number of non-ortho nitro benzene ring substituents is 1. The summed E-state index contributed by atoms with van der Waals surface area (Å²) < 4.78 is 0. The Bertz CT molecular complexity index is 333. The van der Waals surface area contributed by atoms with Crippen LogP contribution in [0, 0.1) is 16.0 Å². The number of benzene rings is 1. The number of hydrogen-bond donors (Lipinski definition) is 1. The van der Waals surface area contributed by atoms with Gasteiger partial charge in [0.05, 0.1) is 4.92 Å². The van der Waals surface area contributed by atoms with Gasteiger partial charge < -0.3 is 5.73 Å². The van der Waals surface area contributed by atoms with Crippen LogP contribution in [0.3, 0.4) is 0 Å². The van der Waals surface area contributed by atoms with Crippen molar-refractivity contribution in [2.45, 2.75) is 26.3 Å². The lowest BCUT2D eigenvalue weighted by Gasteiger charge is -2.15. The van der Waals surface area contributed by atoms with E-state index in [0.717, 1.165) is 12.0 Å². The molecule has 1 unspecified atom stereocenters. The Hall–Kier alpha value is -1.42. The van der Waals surface area contributed by atoms with Crippen molar-refractivity contribution in [3.63, 3.8) is 0 Å². The quantitative estimate of drug-likeness (QED) is 0.608. The number of rotatable bonds is 4. The van der Waals surface area contributed by atoms with Crippen LogP contribution in [0.2, 0.25) is 0 Å². The van der Waals surface area contributed by atoms with Gasteiger partial charge in [-0.3, -0.25) is 10.1 Å². The molecule has 1 rings (SSSR count). The summed E-state index contributed by atoms with van der Waals surface area (Å²) >= 11 is 0. The number of nitrogens with two attached hydrogens (primary N) is 1. The highest BCUT2D eigenvalue weighted by Gasteiger charge is 2.09. The fourth-order valence-electron chi connectivity index (χ4n) is 1.26. The molecule has 0 saturated heterocycles. The third-order valence-corrected chi connectivity index (χ3v) is 2.47. The molecule has 0 bridgehead atoms. The standard InChI is InChI=1S/C11H16N2O2/c1-8(2)11(12)7-9-3-5-10(6-4-9)13(14)15/h3-6,8,11H,7,12H2,1-2H3. The number of nitro groups is 1. The Morgan fingerprint density at radius 2 is 1.87 bits per heavy atom. The average molecular weight is 208 g/mol. The zero-order chi connectivity index (χ0) is 11.4. The van der Waals surface area contributed by atoms with E-state index in [9.17, 15) is 10.1 Å². The van der Waals surface area contributed by atoms with Crippen molar-refractivity contribution in [1.29, 1.82) is 0 Å². The van der Waals surface area contributed by atoms with E-state index < -0.39 is 4.92 Å². The van der Waals surface area contributed by atoms with Crippen LogP contribution < -0.4 is 5.73 Å². The second-order valence-corrected chi connectivity index (χ2v) is 4.04. The Morgan fingerprint density at radius 3 is 2.27 bits per heavy atom. The molecule has 0 heterocycles. The monoisotopic (exact) mass is 208 g/mol. The Morgan fingerprint density at radius 1 is 1.33 bits per heavy atom. The first-order chi connectivity index (χ1) is 7.00. The fourth-order valence-corrected chi connectivity index (χ4v) is 1.26. The molecule has 0 aromatic heterocycles. The number of nitro benzene ring substituents is 1. The van der Waals surface area contributed by atoms with Gasteiger partial charge in [-0.25, -0.2) is 0 Å². The van der Waals surface area contributed by atoms with Crippen LogP contribution in [-0.4, -0.2) is 11.0 Å². The number of hydrogen-bond acceptors (Lipinski definition) is 3. The van der Waals surface area contributed by atoms with Gasteiger partial charge >= 0.3 is 0 Å². The molecule has 0 spiro atoms. The van der Waals surface area contributed by atoms with E-state index in [1.54, 1.807) is 12.1 Å². The summed E-state index contributed by atoms with van der Waals surface area (Å²) in [5, 5.41) is 10.4. The van der Waals surface area contributed by atoms with Gasteiger partial charge in [0.2, 0.25) is 0 Å². The zero-order valence-electron chi connectivity index (χ0n) is 9.01. The highest BCUT2D eigenvalue weighted by molar-refractivity contribution is 5.33. The van der Waals surface area contributed by atoms with Crippen molar-refractivity contribution in [1.82, 2.24) is 0 Å². The molecule has 0 radical (unpaired) electrons. The Labute approximate surface area is 89.2 Å². The zero-order valence-corrected chi connectivity index (χ0v) is 9.01. The van der Waals surface area contributed by atoms with E-state index in [1.807, 2.05) is 0 Å². The van der Waals surface area contributed by atoms with E-state index in [2.05, 4.69) is 13.8 Å². The van der Waals surface area contributed by atoms with Crippen LogP contribution >= 0.6 is 0 Å². The van der Waals surface area contributed by atoms with E-state index in [-0.39, 0.29) is 11.7 Å². The van der Waals surface area contributed by atoms with Crippen LogP contribution in [-0.2, 0) is 6.42 Å². The van der Waals surface area contributed by atoms with Gasteiger partial charge in [-0.2, -0.15) is 0 Å². The molecule has 0 saturated carbocycles. The maximum Gasteiger partial charge on any atom is 0.269 e. The molecular weight excluding hydrogens is 192 g/mol. The molecule has 0 amide bonds. The summed E-state index contributed by atoms with van der Waals surface area (Å²) in [4.78, 5) is 10.0. The molecule has 1 atom stereocenters. The summed E-state index contributed by atoms with van der Waals surface area (Å²) in [7, 11) is 0. The van der Waals surface area contributed by atoms with Crippen molar-refractivity contribution in [3.05, 3.63) is 39.9 Å². The molecule has 1 aromatic carbocycles. The molecular formula is C11H16N2O2. The molecule has 4 heteroatoms. The summed E-state index contributed by atoms with van der Waals surface area (Å²) in [5.41, 5.74) is 7.08. The van der Waals surface area contributed by atoms with Gasteiger partial charge in [0, 0.05) is 18.2 Å². The van der Waals surface area contributed by atoms with Crippen molar-refractivity contribution < 1.29 is 4.92 Å². The molecule has 4 nitrogen and oxygen atoms in total.